The van der Waals surface area contributed by atoms with E-state index < -0.39 is 42.4 Å². The molecular formula is C11H13IN2O6. The van der Waals surface area contributed by atoms with Gasteiger partial charge in [-0.2, -0.15) is 0 Å². The highest BCUT2D eigenvalue weighted by Gasteiger charge is 2.44. The predicted octanol–water partition coefficient (Wildman–Crippen LogP) is -1.45. The Balaban J connectivity index is 2.51. The Bertz CT molecular complexity index is 624. The average molecular weight is 396 g/mol. The molecule has 20 heavy (non-hydrogen) atoms. The minimum Gasteiger partial charge on any atom is -0.394 e. The molecule has 0 amide bonds. The molecule has 110 valence electrons. The molecule has 1 aromatic rings. The van der Waals surface area contributed by atoms with Crippen molar-refractivity contribution in [2.45, 2.75) is 24.5 Å². The van der Waals surface area contributed by atoms with E-state index in [1.54, 1.807) is 4.08 Å². The van der Waals surface area contributed by atoms with Crippen molar-refractivity contribution in [3.63, 3.8) is 0 Å². The number of hydrogen-bond donors (Lipinski definition) is 4. The summed E-state index contributed by atoms with van der Waals surface area (Å²) in [5, 5.41) is 28.5. The summed E-state index contributed by atoms with van der Waals surface area (Å²) < 4.78 is 7.46. The highest BCUT2D eigenvalue weighted by Crippen LogP contribution is 2.27. The molecule has 0 unspecified atom stereocenters. The Kier molecular flexibility index (Phi) is 4.75. The number of ether oxygens (including phenoxy) is 1. The van der Waals surface area contributed by atoms with Gasteiger partial charge in [-0.05, 0) is 10.2 Å². The average Bonchev–Trinajstić information content (AvgIpc) is 2.70. The SMILES string of the molecule is O=c1[nH]cc(/C=C/I)c(=O)n1[C@@H]1O[C@H](CO)[C@@H](O)[C@@H]1O. The van der Waals surface area contributed by atoms with E-state index in [1.807, 2.05) is 22.6 Å². The molecule has 8 nitrogen and oxygen atoms in total. The van der Waals surface area contributed by atoms with Crippen LogP contribution in [0.25, 0.3) is 6.08 Å². The number of H-pyrrole nitrogens is 1. The molecule has 4 N–H and O–H groups in total. The largest absolute Gasteiger partial charge is 0.394 e. The van der Waals surface area contributed by atoms with Crippen molar-refractivity contribution in [1.82, 2.24) is 9.55 Å². The molecule has 0 saturated carbocycles. The zero-order chi connectivity index (χ0) is 14.9. The van der Waals surface area contributed by atoms with Crippen LogP contribution in [0.1, 0.15) is 11.8 Å². The van der Waals surface area contributed by atoms with Crippen LogP contribution in [0.4, 0.5) is 0 Å². The topological polar surface area (TPSA) is 125 Å². The fourth-order valence-corrected chi connectivity index (χ4v) is 2.40. The number of aromatic amines is 1. The first-order valence-corrected chi connectivity index (χ1v) is 6.99. The Labute approximate surface area is 126 Å². The number of aliphatic hydroxyl groups is 3. The molecule has 0 bridgehead atoms. The number of aromatic nitrogens is 2. The van der Waals surface area contributed by atoms with Crippen molar-refractivity contribution in [1.29, 1.82) is 0 Å². The molecule has 1 aliphatic rings. The summed E-state index contributed by atoms with van der Waals surface area (Å²) in [6.45, 7) is -0.533. The second kappa shape index (κ2) is 6.18. The van der Waals surface area contributed by atoms with E-state index in [1.165, 1.54) is 12.3 Å². The Hall–Kier alpha value is -1.01. The molecule has 4 atom stereocenters. The lowest BCUT2D eigenvalue weighted by molar-refractivity contribution is -0.0565. The lowest BCUT2D eigenvalue weighted by Gasteiger charge is -2.16. The first kappa shape index (κ1) is 15.4. The second-order valence-electron chi connectivity index (χ2n) is 4.25. The molecule has 1 saturated heterocycles. The molecular weight excluding hydrogens is 383 g/mol. The van der Waals surface area contributed by atoms with Crippen LogP contribution >= 0.6 is 22.6 Å². The zero-order valence-electron chi connectivity index (χ0n) is 10.1. The Morgan fingerprint density at radius 3 is 2.65 bits per heavy atom. The summed E-state index contributed by atoms with van der Waals surface area (Å²) >= 11 is 1.92. The minimum atomic E-state index is -1.48. The molecule has 0 spiro atoms. The Morgan fingerprint density at radius 2 is 2.10 bits per heavy atom. The number of nitrogens with zero attached hydrogens (tertiary/aromatic N) is 1. The van der Waals surface area contributed by atoms with Gasteiger partial charge in [-0.25, -0.2) is 9.36 Å². The molecule has 2 rings (SSSR count). The maximum Gasteiger partial charge on any atom is 0.330 e. The van der Waals surface area contributed by atoms with Crippen LogP contribution in [0.5, 0.6) is 0 Å². The number of halogens is 1. The molecule has 0 radical (unpaired) electrons. The van der Waals surface area contributed by atoms with Gasteiger partial charge >= 0.3 is 5.69 Å². The summed E-state index contributed by atoms with van der Waals surface area (Å²) in [4.78, 5) is 26.3. The summed E-state index contributed by atoms with van der Waals surface area (Å²) in [6, 6.07) is 0. The third-order valence-electron chi connectivity index (χ3n) is 3.05. The van der Waals surface area contributed by atoms with Crippen LogP contribution in [0.3, 0.4) is 0 Å². The molecule has 1 fully saturated rings. The van der Waals surface area contributed by atoms with Crippen LogP contribution in [-0.2, 0) is 4.74 Å². The van der Waals surface area contributed by atoms with E-state index in [0.717, 1.165) is 0 Å². The number of rotatable bonds is 3. The third-order valence-corrected chi connectivity index (χ3v) is 3.41. The van der Waals surface area contributed by atoms with Gasteiger partial charge in [-0.3, -0.25) is 4.79 Å². The Morgan fingerprint density at radius 1 is 1.40 bits per heavy atom. The molecule has 1 aliphatic heterocycles. The number of aliphatic hydroxyl groups excluding tert-OH is 3. The fourth-order valence-electron chi connectivity index (χ4n) is 2.01. The summed E-state index contributed by atoms with van der Waals surface area (Å²) in [7, 11) is 0. The van der Waals surface area contributed by atoms with E-state index in [0.29, 0.717) is 4.57 Å². The predicted molar refractivity (Wildman–Crippen MR) is 77.4 cm³/mol. The molecule has 9 heteroatoms. The van der Waals surface area contributed by atoms with Crippen LogP contribution in [-0.4, -0.2) is 49.8 Å². The third kappa shape index (κ3) is 2.59. The van der Waals surface area contributed by atoms with Crippen molar-refractivity contribution in [2.75, 3.05) is 6.61 Å². The van der Waals surface area contributed by atoms with Crippen LogP contribution in [0.15, 0.2) is 19.9 Å². The van der Waals surface area contributed by atoms with Gasteiger partial charge in [0, 0.05) is 6.20 Å². The first-order chi connectivity index (χ1) is 9.51. The van der Waals surface area contributed by atoms with Gasteiger partial charge in [0.1, 0.15) is 18.3 Å². The lowest BCUT2D eigenvalue weighted by atomic mass is 10.1. The van der Waals surface area contributed by atoms with Gasteiger partial charge in [-0.1, -0.05) is 22.6 Å². The highest BCUT2D eigenvalue weighted by molar-refractivity contribution is 14.1. The number of hydrogen-bond acceptors (Lipinski definition) is 6. The standard InChI is InChI=1S/C11H13IN2O6/c12-2-1-5-3-13-11(19)14(9(5)18)10-8(17)7(16)6(4-15)20-10/h1-3,6-8,10,15-17H,4H2,(H,13,19)/b2-1+/t6-,7-,8+,10-/m1/s1. The van der Waals surface area contributed by atoms with Crippen molar-refractivity contribution in [2.24, 2.45) is 0 Å². The maximum atomic E-state index is 12.2. The van der Waals surface area contributed by atoms with Gasteiger partial charge in [0.2, 0.25) is 0 Å². The van der Waals surface area contributed by atoms with E-state index in [2.05, 4.69) is 4.98 Å². The molecule has 0 aromatic carbocycles. The van der Waals surface area contributed by atoms with Crippen molar-refractivity contribution in [3.05, 3.63) is 36.7 Å². The normalized spacial score (nSPS) is 30.2. The second-order valence-corrected chi connectivity index (χ2v) is 4.97. The molecule has 1 aromatic heterocycles. The van der Waals surface area contributed by atoms with Crippen LogP contribution in [0.2, 0.25) is 0 Å². The van der Waals surface area contributed by atoms with E-state index in [-0.39, 0.29) is 5.56 Å². The van der Waals surface area contributed by atoms with Gasteiger partial charge in [0.05, 0.1) is 12.2 Å². The minimum absolute atomic E-state index is 0.205. The van der Waals surface area contributed by atoms with Crippen LogP contribution < -0.4 is 11.2 Å². The maximum absolute atomic E-state index is 12.2. The first-order valence-electron chi connectivity index (χ1n) is 5.74. The van der Waals surface area contributed by atoms with Gasteiger partial charge in [0.15, 0.2) is 6.23 Å². The van der Waals surface area contributed by atoms with Crippen molar-refractivity contribution in [3.8, 4) is 0 Å². The molecule has 0 aliphatic carbocycles. The fraction of sp³-hybridized carbons (Fsp3) is 0.455. The summed E-state index contributed by atoms with van der Waals surface area (Å²) in [6.07, 6.45) is -2.52. The van der Waals surface area contributed by atoms with Crippen LogP contribution in [0, 0.1) is 0 Å². The quantitative estimate of drug-likeness (QED) is 0.464. The van der Waals surface area contributed by atoms with Crippen molar-refractivity contribution >= 4 is 28.7 Å². The smallest absolute Gasteiger partial charge is 0.330 e. The van der Waals surface area contributed by atoms with Gasteiger partial charge in [-0.15, -0.1) is 0 Å². The summed E-state index contributed by atoms with van der Waals surface area (Å²) in [5.41, 5.74) is -1.22. The van der Waals surface area contributed by atoms with E-state index >= 15 is 0 Å². The monoisotopic (exact) mass is 396 g/mol. The number of nitrogens with one attached hydrogen (secondary N) is 1. The highest BCUT2D eigenvalue weighted by atomic mass is 127. The van der Waals surface area contributed by atoms with Gasteiger partial charge in [0.25, 0.3) is 5.56 Å². The van der Waals surface area contributed by atoms with Crippen molar-refractivity contribution < 1.29 is 20.1 Å². The summed E-state index contributed by atoms with van der Waals surface area (Å²) in [5.74, 6) is 0. The lowest BCUT2D eigenvalue weighted by Crippen LogP contribution is -2.43. The van der Waals surface area contributed by atoms with Gasteiger partial charge < -0.3 is 25.0 Å². The van der Waals surface area contributed by atoms with E-state index in [9.17, 15) is 19.8 Å². The van der Waals surface area contributed by atoms with E-state index in [4.69, 9.17) is 9.84 Å². The molecule has 2 heterocycles. The zero-order valence-corrected chi connectivity index (χ0v) is 12.3.